The summed E-state index contributed by atoms with van der Waals surface area (Å²) in [6.45, 7) is 3.05. The quantitative estimate of drug-likeness (QED) is 0.568. The summed E-state index contributed by atoms with van der Waals surface area (Å²) in [5.74, 6) is -0.329. The molecule has 0 amide bonds. The van der Waals surface area contributed by atoms with Gasteiger partial charge in [0, 0.05) is 29.3 Å². The van der Waals surface area contributed by atoms with Crippen molar-refractivity contribution >= 4 is 10.9 Å². The molecule has 2 N–H and O–H groups in total. The van der Waals surface area contributed by atoms with Gasteiger partial charge in [-0.05, 0) is 42.2 Å². The number of hydrogen-bond donors (Lipinski definition) is 2. The molecule has 0 saturated carbocycles. The molecule has 0 spiro atoms. The number of nitrogens with zero attached hydrogens (tertiary/aromatic N) is 1. The lowest BCUT2D eigenvalue weighted by atomic mass is 9.73. The van der Waals surface area contributed by atoms with Crippen LogP contribution in [0.4, 0.5) is 17.6 Å². The lowest BCUT2D eigenvalue weighted by Gasteiger charge is -2.38. The Balaban J connectivity index is 1.99. The van der Waals surface area contributed by atoms with Gasteiger partial charge < -0.3 is 14.8 Å². The third kappa shape index (κ3) is 4.22. The van der Waals surface area contributed by atoms with E-state index in [9.17, 15) is 22.7 Å². The molecule has 0 fully saturated rings. The average molecular weight is 410 g/mol. The smallest absolute Gasteiger partial charge is 0.417 e. The van der Waals surface area contributed by atoms with E-state index in [-0.39, 0.29) is 17.0 Å². The zero-order chi connectivity index (χ0) is 21.4. The van der Waals surface area contributed by atoms with Crippen LogP contribution in [-0.2, 0) is 11.8 Å². The van der Waals surface area contributed by atoms with Crippen LogP contribution in [0.5, 0.6) is 5.75 Å². The molecule has 0 aliphatic heterocycles. The normalized spacial score (nSPS) is 14.8. The number of aliphatic hydroxyl groups is 1. The van der Waals surface area contributed by atoms with Crippen molar-refractivity contribution in [2.24, 2.45) is 0 Å². The fourth-order valence-corrected chi connectivity index (χ4v) is 3.74. The Bertz CT molecular complexity index is 980. The molecule has 1 aromatic carbocycles. The number of benzene rings is 1. The number of ether oxygens (including phenoxy) is 1. The molecule has 3 rings (SSSR count). The van der Waals surface area contributed by atoms with E-state index < -0.39 is 35.9 Å². The summed E-state index contributed by atoms with van der Waals surface area (Å²) in [5, 5.41) is 11.5. The van der Waals surface area contributed by atoms with E-state index in [0.717, 1.165) is 6.07 Å². The number of rotatable bonds is 6. The van der Waals surface area contributed by atoms with Crippen LogP contribution < -0.4 is 4.74 Å². The minimum Gasteiger partial charge on any atom is -0.496 e. The van der Waals surface area contributed by atoms with Crippen LogP contribution in [-0.4, -0.2) is 34.0 Å². The maximum absolute atomic E-state index is 14.0. The van der Waals surface area contributed by atoms with E-state index >= 15 is 0 Å². The van der Waals surface area contributed by atoms with E-state index in [1.165, 1.54) is 45.5 Å². The summed E-state index contributed by atoms with van der Waals surface area (Å²) in [4.78, 5) is 6.81. The zero-order valence-corrected chi connectivity index (χ0v) is 16.3. The third-order valence-corrected chi connectivity index (χ3v) is 5.12. The van der Waals surface area contributed by atoms with Gasteiger partial charge in [-0.3, -0.25) is 4.98 Å². The van der Waals surface area contributed by atoms with E-state index in [2.05, 4.69) is 9.97 Å². The summed E-state index contributed by atoms with van der Waals surface area (Å²) >= 11 is 0. The number of alkyl halides is 3. The summed E-state index contributed by atoms with van der Waals surface area (Å²) in [6.07, 6.45) is -3.22. The SMILES string of the molecule is COc1ccc(F)cc1C(C)(C)CC(O)(Cc1cc2ccncc2[nH]1)C(F)(F)F. The fourth-order valence-electron chi connectivity index (χ4n) is 3.74. The predicted molar refractivity (Wildman–Crippen MR) is 101 cm³/mol. The zero-order valence-electron chi connectivity index (χ0n) is 16.3. The van der Waals surface area contributed by atoms with Crippen LogP contribution in [0.15, 0.2) is 42.7 Å². The molecule has 0 radical (unpaired) electrons. The average Bonchev–Trinajstić information content (AvgIpc) is 3.02. The third-order valence-electron chi connectivity index (χ3n) is 5.12. The first kappa shape index (κ1) is 21.1. The molecule has 0 aliphatic carbocycles. The van der Waals surface area contributed by atoms with Gasteiger partial charge in [0.05, 0.1) is 18.8 Å². The van der Waals surface area contributed by atoms with Crippen molar-refractivity contribution in [3.63, 3.8) is 0 Å². The van der Waals surface area contributed by atoms with Crippen LogP contribution in [0.2, 0.25) is 0 Å². The van der Waals surface area contributed by atoms with Crippen molar-refractivity contribution < 1.29 is 27.4 Å². The van der Waals surface area contributed by atoms with Gasteiger partial charge in [-0.25, -0.2) is 4.39 Å². The van der Waals surface area contributed by atoms with Crippen LogP contribution >= 0.6 is 0 Å². The van der Waals surface area contributed by atoms with E-state index in [0.29, 0.717) is 10.9 Å². The molecule has 0 bridgehead atoms. The van der Waals surface area contributed by atoms with E-state index in [1.807, 2.05) is 0 Å². The number of nitrogens with one attached hydrogen (secondary N) is 1. The maximum Gasteiger partial charge on any atom is 0.417 e. The number of aromatic amines is 1. The first-order valence-electron chi connectivity index (χ1n) is 9.00. The van der Waals surface area contributed by atoms with Gasteiger partial charge >= 0.3 is 6.18 Å². The Morgan fingerprint density at radius 3 is 2.48 bits per heavy atom. The Kier molecular flexibility index (Phi) is 5.34. The summed E-state index contributed by atoms with van der Waals surface area (Å²) in [6, 6.07) is 6.91. The van der Waals surface area contributed by atoms with Crippen LogP contribution in [0.3, 0.4) is 0 Å². The molecular formula is C21H22F4N2O2. The van der Waals surface area contributed by atoms with Crippen molar-refractivity contribution in [2.75, 3.05) is 7.11 Å². The van der Waals surface area contributed by atoms with E-state index in [1.54, 1.807) is 12.1 Å². The number of hydrogen-bond acceptors (Lipinski definition) is 3. The minimum absolute atomic E-state index is 0.231. The fraction of sp³-hybridized carbons (Fsp3) is 0.381. The van der Waals surface area contributed by atoms with Crippen molar-refractivity contribution in [3.8, 4) is 5.75 Å². The Labute approximate surface area is 165 Å². The number of pyridine rings is 1. The molecule has 0 aliphatic rings. The Morgan fingerprint density at radius 1 is 1.14 bits per heavy atom. The van der Waals surface area contributed by atoms with Gasteiger partial charge in [0.2, 0.25) is 0 Å². The highest BCUT2D eigenvalue weighted by Crippen LogP contribution is 2.45. The van der Waals surface area contributed by atoms with Gasteiger partial charge in [-0.15, -0.1) is 0 Å². The van der Waals surface area contributed by atoms with Gasteiger partial charge in [0.25, 0.3) is 0 Å². The number of H-pyrrole nitrogens is 1. The molecule has 1 atom stereocenters. The molecule has 4 nitrogen and oxygen atoms in total. The first-order valence-corrected chi connectivity index (χ1v) is 9.00. The molecule has 1 unspecified atom stereocenters. The van der Waals surface area contributed by atoms with Crippen molar-refractivity contribution in [2.45, 2.75) is 43.9 Å². The highest BCUT2D eigenvalue weighted by atomic mass is 19.4. The second-order valence-corrected chi connectivity index (χ2v) is 7.87. The summed E-state index contributed by atoms with van der Waals surface area (Å²) in [5.41, 5.74) is -3.20. The van der Waals surface area contributed by atoms with Crippen molar-refractivity contribution in [1.29, 1.82) is 0 Å². The van der Waals surface area contributed by atoms with Crippen molar-refractivity contribution in [1.82, 2.24) is 9.97 Å². The number of halogens is 4. The van der Waals surface area contributed by atoms with Crippen LogP contribution in [0.1, 0.15) is 31.5 Å². The standard InChI is InChI=1S/C21H22F4N2O2/c1-19(2,16-9-14(22)4-5-18(16)29-3)12-20(28,21(23,24)25)10-15-8-13-6-7-26-11-17(13)27-15/h4-9,11,27-28H,10,12H2,1-3H3. The van der Waals surface area contributed by atoms with Gasteiger partial charge in [-0.1, -0.05) is 13.8 Å². The second kappa shape index (κ2) is 7.33. The molecule has 156 valence electrons. The topological polar surface area (TPSA) is 58.1 Å². The van der Waals surface area contributed by atoms with Crippen LogP contribution in [0.25, 0.3) is 10.9 Å². The highest BCUT2D eigenvalue weighted by molar-refractivity contribution is 5.79. The summed E-state index contributed by atoms with van der Waals surface area (Å²) < 4.78 is 60.9. The van der Waals surface area contributed by atoms with Crippen LogP contribution in [0, 0.1) is 5.82 Å². The Morgan fingerprint density at radius 2 is 1.86 bits per heavy atom. The molecular weight excluding hydrogens is 388 g/mol. The molecule has 3 aromatic rings. The maximum atomic E-state index is 14.0. The summed E-state index contributed by atoms with van der Waals surface area (Å²) in [7, 11) is 1.36. The first-order chi connectivity index (χ1) is 13.4. The minimum atomic E-state index is -4.90. The predicted octanol–water partition coefficient (Wildman–Crippen LogP) is 4.91. The molecule has 8 heteroatoms. The lowest BCUT2D eigenvalue weighted by molar-refractivity contribution is -0.266. The molecule has 2 heterocycles. The number of methoxy groups -OCH3 is 1. The lowest BCUT2D eigenvalue weighted by Crippen LogP contribution is -2.51. The molecule has 29 heavy (non-hydrogen) atoms. The van der Waals surface area contributed by atoms with Gasteiger partial charge in [0.1, 0.15) is 11.6 Å². The highest BCUT2D eigenvalue weighted by Gasteiger charge is 2.56. The monoisotopic (exact) mass is 410 g/mol. The molecule has 0 saturated heterocycles. The second-order valence-electron chi connectivity index (χ2n) is 7.87. The number of fused-ring (bicyclic) bond motifs is 1. The molecule has 2 aromatic heterocycles. The number of aromatic nitrogens is 2. The largest absolute Gasteiger partial charge is 0.496 e. The van der Waals surface area contributed by atoms with Gasteiger partial charge in [0.15, 0.2) is 5.60 Å². The van der Waals surface area contributed by atoms with Crippen molar-refractivity contribution in [3.05, 3.63) is 59.8 Å². The van der Waals surface area contributed by atoms with Gasteiger partial charge in [-0.2, -0.15) is 13.2 Å². The van der Waals surface area contributed by atoms with E-state index in [4.69, 9.17) is 4.74 Å². The Hall–Kier alpha value is -2.61.